The highest BCUT2D eigenvalue weighted by Gasteiger charge is 2.32. The summed E-state index contributed by atoms with van der Waals surface area (Å²) >= 11 is 0.809. The number of aromatic amines is 1. The van der Waals surface area contributed by atoms with Crippen LogP contribution in [0.2, 0.25) is 0 Å². The van der Waals surface area contributed by atoms with Gasteiger partial charge in [0.25, 0.3) is 0 Å². The van der Waals surface area contributed by atoms with Crippen LogP contribution >= 0.6 is 11.8 Å². The predicted molar refractivity (Wildman–Crippen MR) is 82.4 cm³/mol. The van der Waals surface area contributed by atoms with Crippen molar-refractivity contribution in [2.45, 2.75) is 32.1 Å². The molecule has 5 nitrogen and oxygen atoms in total. The third-order valence-corrected chi connectivity index (χ3v) is 4.19. The fourth-order valence-corrected chi connectivity index (χ4v) is 3.03. The van der Waals surface area contributed by atoms with Gasteiger partial charge in [-0.05, 0) is 32.4 Å². The molecule has 0 saturated heterocycles. The van der Waals surface area contributed by atoms with E-state index in [1.165, 1.54) is 6.92 Å². The lowest BCUT2D eigenvalue weighted by atomic mass is 10.1. The molecule has 0 fully saturated rings. The van der Waals surface area contributed by atoms with Gasteiger partial charge < -0.3 is 4.98 Å². The van der Waals surface area contributed by atoms with Gasteiger partial charge in [-0.3, -0.25) is 9.59 Å². The van der Waals surface area contributed by atoms with E-state index in [-0.39, 0.29) is 28.2 Å². The first-order valence-electron chi connectivity index (χ1n) is 6.87. The standard InChI is InChI=1S/C15H14F3N3O2S/c1-7-12(9(3)22)8(2)20-13(7)10(23)6-24-14-19-5-4-11(21-14)15(16,17)18/h4-5,20H,6H2,1-3H3. The Balaban J connectivity index is 2.15. The third-order valence-electron chi connectivity index (χ3n) is 3.32. The number of H-pyrrole nitrogens is 1. The number of hydrogen-bond acceptors (Lipinski definition) is 5. The topological polar surface area (TPSA) is 75.7 Å². The second kappa shape index (κ2) is 6.76. The fourth-order valence-electron chi connectivity index (χ4n) is 2.33. The molecule has 128 valence electrons. The maximum Gasteiger partial charge on any atom is 0.433 e. The lowest BCUT2D eigenvalue weighted by molar-refractivity contribution is -0.141. The largest absolute Gasteiger partial charge is 0.433 e. The molecule has 0 bridgehead atoms. The average molecular weight is 357 g/mol. The molecule has 0 aromatic carbocycles. The van der Waals surface area contributed by atoms with Crippen molar-refractivity contribution in [3.63, 3.8) is 0 Å². The Morgan fingerprint density at radius 1 is 1.29 bits per heavy atom. The SMILES string of the molecule is CC(=O)c1c(C)[nH]c(C(=O)CSc2nccc(C(F)(F)F)n2)c1C. The van der Waals surface area contributed by atoms with Crippen molar-refractivity contribution in [3.8, 4) is 0 Å². The second-order valence-electron chi connectivity index (χ2n) is 5.12. The molecule has 0 aliphatic heterocycles. The number of carbonyl (C=O) groups is 2. The highest BCUT2D eigenvalue weighted by molar-refractivity contribution is 7.99. The molecule has 0 radical (unpaired) electrons. The molecule has 0 unspecified atom stereocenters. The lowest BCUT2D eigenvalue weighted by Gasteiger charge is -2.06. The molecule has 9 heteroatoms. The van der Waals surface area contributed by atoms with Gasteiger partial charge in [0.1, 0.15) is 5.69 Å². The number of aryl methyl sites for hydroxylation is 1. The number of Topliss-reactive ketones (excluding diaryl/α,β-unsaturated/α-hetero) is 2. The number of nitrogens with zero attached hydrogens (tertiary/aromatic N) is 2. The van der Waals surface area contributed by atoms with Crippen molar-refractivity contribution in [1.82, 2.24) is 15.0 Å². The van der Waals surface area contributed by atoms with Crippen molar-refractivity contribution in [2.24, 2.45) is 0 Å². The number of halogens is 3. The Kier molecular flexibility index (Phi) is 5.12. The molecule has 0 amide bonds. The van der Waals surface area contributed by atoms with Gasteiger partial charge in [0.05, 0.1) is 11.4 Å². The van der Waals surface area contributed by atoms with Crippen molar-refractivity contribution < 1.29 is 22.8 Å². The van der Waals surface area contributed by atoms with Crippen LogP contribution in [0, 0.1) is 13.8 Å². The van der Waals surface area contributed by atoms with E-state index in [9.17, 15) is 22.8 Å². The van der Waals surface area contributed by atoms with Crippen molar-refractivity contribution in [1.29, 1.82) is 0 Å². The summed E-state index contributed by atoms with van der Waals surface area (Å²) in [5.41, 5.74) is 0.799. The molecule has 2 rings (SSSR count). The number of ketones is 2. The minimum absolute atomic E-state index is 0.133. The molecule has 2 aromatic rings. The fraction of sp³-hybridized carbons (Fsp3) is 0.333. The van der Waals surface area contributed by atoms with Crippen LogP contribution in [0.1, 0.15) is 44.7 Å². The average Bonchev–Trinajstić information content (AvgIpc) is 2.79. The number of alkyl halides is 3. The molecule has 1 N–H and O–H groups in total. The van der Waals surface area contributed by atoms with E-state index in [1.54, 1.807) is 13.8 Å². The van der Waals surface area contributed by atoms with Crippen LogP contribution in [0.15, 0.2) is 17.4 Å². The van der Waals surface area contributed by atoms with Crippen LogP contribution in [0.25, 0.3) is 0 Å². The molecular formula is C15H14F3N3O2S. The molecule has 0 aliphatic carbocycles. The maximum absolute atomic E-state index is 12.6. The van der Waals surface area contributed by atoms with Crippen LogP contribution in [0.4, 0.5) is 13.2 Å². The molecule has 2 heterocycles. The van der Waals surface area contributed by atoms with Gasteiger partial charge in [0.2, 0.25) is 0 Å². The maximum atomic E-state index is 12.6. The summed E-state index contributed by atoms with van der Waals surface area (Å²) in [6.07, 6.45) is -3.56. The zero-order chi connectivity index (χ0) is 18.1. The van der Waals surface area contributed by atoms with Crippen LogP contribution in [-0.2, 0) is 6.18 Å². The second-order valence-corrected chi connectivity index (χ2v) is 6.06. The van der Waals surface area contributed by atoms with E-state index in [2.05, 4.69) is 15.0 Å². The van der Waals surface area contributed by atoms with E-state index in [1.807, 2.05) is 0 Å². The zero-order valence-corrected chi connectivity index (χ0v) is 13.9. The summed E-state index contributed by atoms with van der Waals surface area (Å²) in [6.45, 7) is 4.74. The molecule has 0 saturated carbocycles. The summed E-state index contributed by atoms with van der Waals surface area (Å²) in [7, 11) is 0. The van der Waals surface area contributed by atoms with E-state index >= 15 is 0 Å². The molecule has 24 heavy (non-hydrogen) atoms. The zero-order valence-electron chi connectivity index (χ0n) is 13.1. The quantitative estimate of drug-likeness (QED) is 0.502. The number of aromatic nitrogens is 3. The van der Waals surface area contributed by atoms with E-state index in [4.69, 9.17) is 0 Å². The summed E-state index contributed by atoms with van der Waals surface area (Å²) in [5, 5.41) is -0.133. The Hall–Kier alpha value is -2.16. The molecule has 0 atom stereocenters. The van der Waals surface area contributed by atoms with Gasteiger partial charge in [0.15, 0.2) is 16.7 Å². The highest BCUT2D eigenvalue weighted by Crippen LogP contribution is 2.28. The first kappa shape index (κ1) is 18.2. The molecule has 2 aromatic heterocycles. The highest BCUT2D eigenvalue weighted by atomic mass is 32.2. The molecule has 0 spiro atoms. The van der Waals surface area contributed by atoms with Crippen LogP contribution in [0.5, 0.6) is 0 Å². The minimum Gasteiger partial charge on any atom is -0.355 e. The van der Waals surface area contributed by atoms with Crippen LogP contribution in [0.3, 0.4) is 0 Å². The van der Waals surface area contributed by atoms with E-state index in [0.717, 1.165) is 24.0 Å². The van der Waals surface area contributed by atoms with Gasteiger partial charge >= 0.3 is 6.18 Å². The Bertz CT molecular complexity index is 800. The first-order chi connectivity index (χ1) is 11.1. The Morgan fingerprint density at radius 3 is 2.50 bits per heavy atom. The number of thioether (sulfide) groups is 1. The lowest BCUT2D eigenvalue weighted by Crippen LogP contribution is -2.10. The van der Waals surface area contributed by atoms with Gasteiger partial charge in [-0.25, -0.2) is 9.97 Å². The molecule has 0 aliphatic rings. The van der Waals surface area contributed by atoms with E-state index in [0.29, 0.717) is 16.8 Å². The number of carbonyl (C=O) groups excluding carboxylic acids is 2. The number of rotatable bonds is 5. The van der Waals surface area contributed by atoms with Gasteiger partial charge in [0, 0.05) is 17.5 Å². The monoisotopic (exact) mass is 357 g/mol. The predicted octanol–water partition coefficient (Wildman–Crippen LogP) is 3.62. The van der Waals surface area contributed by atoms with Crippen LogP contribution in [-0.4, -0.2) is 32.3 Å². The van der Waals surface area contributed by atoms with Crippen molar-refractivity contribution in [3.05, 3.63) is 40.5 Å². The van der Waals surface area contributed by atoms with Crippen molar-refractivity contribution in [2.75, 3.05) is 5.75 Å². The van der Waals surface area contributed by atoms with Gasteiger partial charge in [-0.1, -0.05) is 11.8 Å². The smallest absolute Gasteiger partial charge is 0.355 e. The third kappa shape index (κ3) is 3.84. The van der Waals surface area contributed by atoms with Gasteiger partial charge in [-0.15, -0.1) is 0 Å². The summed E-state index contributed by atoms with van der Waals surface area (Å²) in [4.78, 5) is 33.8. The number of nitrogens with one attached hydrogen (secondary N) is 1. The Morgan fingerprint density at radius 2 is 1.96 bits per heavy atom. The van der Waals surface area contributed by atoms with E-state index < -0.39 is 11.9 Å². The molecular weight excluding hydrogens is 343 g/mol. The van der Waals surface area contributed by atoms with Crippen molar-refractivity contribution >= 4 is 23.3 Å². The van der Waals surface area contributed by atoms with Crippen LogP contribution < -0.4 is 0 Å². The first-order valence-corrected chi connectivity index (χ1v) is 7.86. The van der Waals surface area contributed by atoms with Gasteiger partial charge in [-0.2, -0.15) is 13.2 Å². The Labute approximate surface area is 140 Å². The summed E-state index contributed by atoms with van der Waals surface area (Å²) < 4.78 is 37.8. The summed E-state index contributed by atoms with van der Waals surface area (Å²) in [6, 6.07) is 0.767. The minimum atomic E-state index is -4.56. The summed E-state index contributed by atoms with van der Waals surface area (Å²) in [5.74, 6) is -0.636. The normalized spacial score (nSPS) is 11.6. The number of hydrogen-bond donors (Lipinski definition) is 1.